The highest BCUT2D eigenvalue weighted by Crippen LogP contribution is 2.33. The van der Waals surface area contributed by atoms with Gasteiger partial charge in [-0.1, -0.05) is 28.1 Å². The second-order valence-corrected chi connectivity index (χ2v) is 4.76. The Balaban J connectivity index is 2.60. The Bertz CT molecular complexity index is 466. The molecule has 0 saturated carbocycles. The molecule has 84 valence electrons. The van der Waals surface area contributed by atoms with E-state index in [-0.39, 0.29) is 11.6 Å². The van der Waals surface area contributed by atoms with Gasteiger partial charge in [-0.25, -0.2) is 4.39 Å². The van der Waals surface area contributed by atoms with Gasteiger partial charge in [0.15, 0.2) is 0 Å². The highest BCUT2D eigenvalue weighted by molar-refractivity contribution is 9.10. The molecule has 0 aromatic heterocycles. The van der Waals surface area contributed by atoms with Crippen molar-refractivity contribution in [3.63, 3.8) is 0 Å². The zero-order valence-corrected chi connectivity index (χ0v) is 10.5. The maximum atomic E-state index is 13.9. The van der Waals surface area contributed by atoms with Crippen LogP contribution in [0, 0.1) is 12.7 Å². The Morgan fingerprint density at radius 2 is 2.12 bits per heavy atom. The number of aliphatic hydroxyl groups is 1. The Hall–Kier alpha value is -1.09. The van der Waals surface area contributed by atoms with Gasteiger partial charge in [0.2, 0.25) is 0 Å². The monoisotopic (exact) mass is 282 g/mol. The molecule has 1 nitrogen and oxygen atoms in total. The van der Waals surface area contributed by atoms with E-state index >= 15 is 0 Å². The summed E-state index contributed by atoms with van der Waals surface area (Å²) in [5, 5.41) is 9.78. The number of aliphatic hydroxyl groups excluding tert-OH is 1. The van der Waals surface area contributed by atoms with Gasteiger partial charge in [-0.2, -0.15) is 0 Å². The van der Waals surface area contributed by atoms with Crippen LogP contribution in [0.1, 0.15) is 24.0 Å². The summed E-state index contributed by atoms with van der Waals surface area (Å²) in [4.78, 5) is 0. The van der Waals surface area contributed by atoms with Crippen LogP contribution in [0.15, 0.2) is 34.5 Å². The summed E-state index contributed by atoms with van der Waals surface area (Å²) in [5.74, 6) is -0.0501. The molecule has 0 bridgehead atoms. The number of hydrogen-bond donors (Lipinski definition) is 1. The molecule has 3 heteroatoms. The summed E-state index contributed by atoms with van der Waals surface area (Å²) in [5.41, 5.74) is 1.88. The van der Waals surface area contributed by atoms with Gasteiger partial charge in [0.05, 0.1) is 0 Å². The van der Waals surface area contributed by atoms with E-state index in [4.69, 9.17) is 0 Å². The standard InChI is InChI=1S/C13H12BrFO/c1-8-6-10(14)13(11(15)7-8)9-4-2-3-5-12(9)16/h2,4,6-7,16H,3,5H2,1H3. The van der Waals surface area contributed by atoms with E-state index < -0.39 is 0 Å². The summed E-state index contributed by atoms with van der Waals surface area (Å²) < 4.78 is 14.5. The minimum atomic E-state index is -0.306. The van der Waals surface area contributed by atoms with Crippen LogP contribution < -0.4 is 0 Å². The van der Waals surface area contributed by atoms with E-state index in [1.165, 1.54) is 6.07 Å². The SMILES string of the molecule is Cc1cc(F)c(C2=C(O)CCC=C2)c(Br)c1. The molecule has 0 fully saturated rings. The third-order valence-corrected chi connectivity index (χ3v) is 3.22. The van der Waals surface area contributed by atoms with Gasteiger partial charge in [0.25, 0.3) is 0 Å². The molecule has 0 amide bonds. The van der Waals surface area contributed by atoms with E-state index in [9.17, 15) is 9.50 Å². The van der Waals surface area contributed by atoms with Crippen LogP contribution >= 0.6 is 15.9 Å². The van der Waals surface area contributed by atoms with Crippen molar-refractivity contribution < 1.29 is 9.50 Å². The first-order valence-corrected chi connectivity index (χ1v) is 5.93. The molecular formula is C13H12BrFO. The second kappa shape index (κ2) is 4.42. The molecule has 0 atom stereocenters. The van der Waals surface area contributed by atoms with Crippen molar-refractivity contribution in [2.24, 2.45) is 0 Å². The molecule has 0 radical (unpaired) electrons. The Kier molecular flexibility index (Phi) is 3.15. The Labute approximate surface area is 102 Å². The van der Waals surface area contributed by atoms with E-state index in [1.807, 2.05) is 19.1 Å². The zero-order chi connectivity index (χ0) is 11.7. The van der Waals surface area contributed by atoms with Gasteiger partial charge < -0.3 is 5.11 Å². The zero-order valence-electron chi connectivity index (χ0n) is 8.93. The van der Waals surface area contributed by atoms with E-state index in [2.05, 4.69) is 15.9 Å². The van der Waals surface area contributed by atoms with Crippen LogP contribution in [0.4, 0.5) is 4.39 Å². The summed E-state index contributed by atoms with van der Waals surface area (Å²) in [7, 11) is 0. The molecular weight excluding hydrogens is 271 g/mol. The summed E-state index contributed by atoms with van der Waals surface area (Å²) in [6.07, 6.45) is 5.10. The summed E-state index contributed by atoms with van der Waals surface area (Å²) in [6, 6.07) is 3.32. The first kappa shape index (κ1) is 11.4. The number of benzene rings is 1. The third-order valence-electron chi connectivity index (χ3n) is 2.60. The minimum absolute atomic E-state index is 0.256. The highest BCUT2D eigenvalue weighted by atomic mass is 79.9. The topological polar surface area (TPSA) is 20.2 Å². The van der Waals surface area contributed by atoms with Crippen molar-refractivity contribution in [3.8, 4) is 0 Å². The predicted octanol–water partition coefficient (Wildman–Crippen LogP) is 4.52. The highest BCUT2D eigenvalue weighted by Gasteiger charge is 2.16. The fraction of sp³-hybridized carbons (Fsp3) is 0.231. The van der Waals surface area contributed by atoms with Crippen LogP contribution in [-0.2, 0) is 0 Å². The lowest BCUT2D eigenvalue weighted by atomic mass is 9.97. The van der Waals surface area contributed by atoms with Gasteiger partial charge in [-0.3, -0.25) is 0 Å². The van der Waals surface area contributed by atoms with Crippen LogP contribution in [0.25, 0.3) is 5.57 Å². The first-order valence-electron chi connectivity index (χ1n) is 5.14. The summed E-state index contributed by atoms with van der Waals surface area (Å²) >= 11 is 3.34. The van der Waals surface area contributed by atoms with Gasteiger partial charge in [-0.15, -0.1) is 0 Å². The predicted molar refractivity (Wildman–Crippen MR) is 66.8 cm³/mol. The van der Waals surface area contributed by atoms with Gasteiger partial charge in [-0.05, 0) is 31.0 Å². The lowest BCUT2D eigenvalue weighted by Gasteiger charge is -2.14. The summed E-state index contributed by atoms with van der Waals surface area (Å²) in [6.45, 7) is 1.84. The average Bonchev–Trinajstić information content (AvgIpc) is 2.19. The number of aryl methyl sites for hydroxylation is 1. The molecule has 0 heterocycles. The molecule has 1 aromatic rings. The van der Waals surface area contributed by atoms with Crippen LogP contribution in [0.2, 0.25) is 0 Å². The minimum Gasteiger partial charge on any atom is -0.512 e. The number of halogens is 2. The normalized spacial score (nSPS) is 15.7. The molecule has 0 unspecified atom stereocenters. The van der Waals surface area contributed by atoms with Crippen LogP contribution in [-0.4, -0.2) is 5.11 Å². The first-order chi connectivity index (χ1) is 7.59. The number of rotatable bonds is 1. The fourth-order valence-electron chi connectivity index (χ4n) is 1.84. The molecule has 1 aromatic carbocycles. The molecule has 1 aliphatic rings. The maximum absolute atomic E-state index is 13.9. The fourth-order valence-corrected chi connectivity index (χ4v) is 2.60. The lowest BCUT2D eigenvalue weighted by Crippen LogP contribution is -1.98. The third kappa shape index (κ3) is 2.05. The van der Waals surface area contributed by atoms with E-state index in [0.29, 0.717) is 22.0 Å². The van der Waals surface area contributed by atoms with Gasteiger partial charge >= 0.3 is 0 Å². The van der Waals surface area contributed by atoms with Gasteiger partial charge in [0, 0.05) is 22.0 Å². The molecule has 1 aliphatic carbocycles. The lowest BCUT2D eigenvalue weighted by molar-refractivity contribution is 0.390. The van der Waals surface area contributed by atoms with Crippen molar-refractivity contribution in [1.82, 2.24) is 0 Å². The molecule has 2 rings (SSSR count). The van der Waals surface area contributed by atoms with Crippen molar-refractivity contribution in [2.75, 3.05) is 0 Å². The van der Waals surface area contributed by atoms with Crippen LogP contribution in [0.5, 0.6) is 0 Å². The Morgan fingerprint density at radius 3 is 2.75 bits per heavy atom. The molecule has 0 aliphatic heterocycles. The second-order valence-electron chi connectivity index (χ2n) is 3.90. The average molecular weight is 283 g/mol. The van der Waals surface area contributed by atoms with Crippen molar-refractivity contribution in [3.05, 3.63) is 51.5 Å². The molecule has 16 heavy (non-hydrogen) atoms. The smallest absolute Gasteiger partial charge is 0.132 e. The van der Waals surface area contributed by atoms with Gasteiger partial charge in [0.1, 0.15) is 11.6 Å². The Morgan fingerprint density at radius 1 is 1.38 bits per heavy atom. The quantitative estimate of drug-likeness (QED) is 0.803. The van der Waals surface area contributed by atoms with Crippen molar-refractivity contribution in [1.29, 1.82) is 0 Å². The van der Waals surface area contributed by atoms with Crippen molar-refractivity contribution >= 4 is 21.5 Å². The van der Waals surface area contributed by atoms with Crippen LogP contribution in [0.3, 0.4) is 0 Å². The van der Waals surface area contributed by atoms with E-state index in [1.54, 1.807) is 6.08 Å². The molecule has 0 saturated heterocycles. The largest absolute Gasteiger partial charge is 0.512 e. The van der Waals surface area contributed by atoms with E-state index in [0.717, 1.165) is 12.0 Å². The molecule has 1 N–H and O–H groups in total. The number of allylic oxidation sites excluding steroid dienone is 4. The van der Waals surface area contributed by atoms with Crippen molar-refractivity contribution in [2.45, 2.75) is 19.8 Å². The number of hydrogen-bond acceptors (Lipinski definition) is 1. The molecule has 0 spiro atoms. The maximum Gasteiger partial charge on any atom is 0.132 e.